The van der Waals surface area contributed by atoms with Crippen LogP contribution in [0.1, 0.15) is 82.3 Å². The maximum absolute atomic E-state index is 14.3. The van der Waals surface area contributed by atoms with Gasteiger partial charge in [-0.2, -0.15) is 0 Å². The van der Waals surface area contributed by atoms with Crippen molar-refractivity contribution >= 4 is 62.7 Å². The zero-order chi connectivity index (χ0) is 56.2. The molecule has 10 heterocycles. The van der Waals surface area contributed by atoms with E-state index in [4.69, 9.17) is 25.5 Å². The minimum atomic E-state index is -0.745. The van der Waals surface area contributed by atoms with Crippen molar-refractivity contribution in [3.05, 3.63) is 169 Å². The van der Waals surface area contributed by atoms with Gasteiger partial charge in [-0.15, -0.1) is 0 Å². The van der Waals surface area contributed by atoms with Gasteiger partial charge in [0.1, 0.15) is 5.60 Å². The van der Waals surface area contributed by atoms with Crippen LogP contribution in [0.4, 0.5) is 16.2 Å². The number of likely N-dealkylation sites (tertiary alicyclic amines) is 2. The summed E-state index contributed by atoms with van der Waals surface area (Å²) in [5, 5.41) is 11.9. The highest BCUT2D eigenvalue weighted by Gasteiger charge is 2.54. The lowest BCUT2D eigenvalue weighted by atomic mass is 9.74. The Morgan fingerprint density at radius 1 is 0.588 bits per heavy atom. The molecule has 0 atom stereocenters. The lowest BCUT2D eigenvalue weighted by Crippen LogP contribution is -2.51. The number of aromatic nitrogens is 6. The fourth-order valence-corrected chi connectivity index (χ4v) is 11.5. The Morgan fingerprint density at radius 3 is 1.41 bits per heavy atom. The van der Waals surface area contributed by atoms with Crippen LogP contribution in [0.25, 0.3) is 43.8 Å². The summed E-state index contributed by atoms with van der Waals surface area (Å²) in [7, 11) is 0. The summed E-state index contributed by atoms with van der Waals surface area (Å²) in [6.45, 7) is 9.70. The van der Waals surface area contributed by atoms with E-state index in [9.17, 15) is 24.0 Å². The van der Waals surface area contributed by atoms with Gasteiger partial charge < -0.3 is 35.2 Å². The lowest BCUT2D eigenvalue weighted by Gasteiger charge is -2.38. The van der Waals surface area contributed by atoms with Gasteiger partial charge in [-0.05, 0) is 92.6 Å². The SMILES string of the molecule is CC(C)(C)OC(=O)N1CCC2(CC1)C(=O)N(Cc1ncc3ccccc3c1-c1cccnc1)c1cnccc12.CCC(=O)O.NCC(=O)N1CCC2(CC1)C(=O)N(Cc1ncc3ccccc3c1-c1cccnc1)c1cnccc12. The van der Waals surface area contributed by atoms with Crippen molar-refractivity contribution in [2.24, 2.45) is 5.73 Å². The predicted molar refractivity (Wildman–Crippen MR) is 304 cm³/mol. The molecule has 4 amide bonds. The fourth-order valence-electron chi connectivity index (χ4n) is 11.5. The van der Waals surface area contributed by atoms with Gasteiger partial charge in [-0.1, -0.05) is 67.6 Å². The van der Waals surface area contributed by atoms with E-state index >= 15 is 0 Å². The first kappa shape index (κ1) is 54.3. The molecule has 18 heteroatoms. The molecular formula is C62H63N11O7. The molecule has 6 aromatic heterocycles. The number of nitrogens with two attached hydrogens (primary N) is 1. The number of aliphatic carboxylic acids is 1. The third kappa shape index (κ3) is 10.5. The van der Waals surface area contributed by atoms with Crippen molar-refractivity contribution in [3.63, 3.8) is 0 Å². The standard InChI is InChI=1S/C31H31N5O3.C28H26N6O2.C3H6O2/c1-30(2,3)39-29(38)35-15-11-31(12-16-35)24-10-14-33-19-26(24)36(28(31)37)20-25-27(22-8-6-13-32-17-22)23-9-5-4-7-21(23)18-34-25;29-14-25(35)33-12-8-28(9-13-33)22-7-11-31-17-24(22)34(27(28)36)18-23-26(20-5-3-10-30-15-20)21-6-2-1-4-19(21)16-32-23;1-2-3(4)5/h4-10,13-14,17-19H,11-12,15-16,20H2,1-3H3;1-7,10-11,15-17H,8-9,12-14,18,29H2;2H2,1H3,(H,4,5). The highest BCUT2D eigenvalue weighted by Crippen LogP contribution is 2.50. The Morgan fingerprint density at radius 2 is 1.01 bits per heavy atom. The summed E-state index contributed by atoms with van der Waals surface area (Å²) in [6, 6.07) is 28.0. The molecule has 18 nitrogen and oxygen atoms in total. The molecule has 4 aliphatic heterocycles. The van der Waals surface area contributed by atoms with Crippen LogP contribution in [0.3, 0.4) is 0 Å². The van der Waals surface area contributed by atoms with E-state index in [0.29, 0.717) is 65.0 Å². The van der Waals surface area contributed by atoms with Gasteiger partial charge in [0.15, 0.2) is 0 Å². The van der Waals surface area contributed by atoms with E-state index in [1.807, 2.05) is 128 Å². The Hall–Kier alpha value is -9.03. The first-order valence-electron chi connectivity index (χ1n) is 26.9. The third-order valence-electron chi connectivity index (χ3n) is 15.5. The number of amides is 4. The summed E-state index contributed by atoms with van der Waals surface area (Å²) in [4.78, 5) is 96.8. The number of fused-ring (bicyclic) bond motifs is 6. The molecule has 3 N–H and O–H groups in total. The van der Waals surface area contributed by atoms with Crippen molar-refractivity contribution in [2.45, 2.75) is 89.3 Å². The maximum atomic E-state index is 14.3. The van der Waals surface area contributed by atoms with E-state index in [0.717, 1.165) is 77.7 Å². The first-order valence-corrected chi connectivity index (χ1v) is 26.9. The molecule has 0 radical (unpaired) electrons. The average Bonchev–Trinajstić information content (AvgIpc) is 3.87. The predicted octanol–water partition coefficient (Wildman–Crippen LogP) is 9.05. The van der Waals surface area contributed by atoms with Crippen LogP contribution in [0.15, 0.2) is 147 Å². The van der Waals surface area contributed by atoms with Gasteiger partial charge in [-0.3, -0.25) is 49.1 Å². The average molecular weight is 1070 g/mol. The van der Waals surface area contributed by atoms with E-state index in [-0.39, 0.29) is 36.8 Å². The van der Waals surface area contributed by atoms with Crippen LogP contribution in [0, 0.1) is 0 Å². The molecule has 2 saturated heterocycles. The van der Waals surface area contributed by atoms with Crippen LogP contribution < -0.4 is 15.5 Å². The normalized spacial score (nSPS) is 16.0. The Bertz CT molecular complexity index is 3610. The summed E-state index contributed by atoms with van der Waals surface area (Å²) < 4.78 is 5.58. The summed E-state index contributed by atoms with van der Waals surface area (Å²) in [5.74, 6) is -0.757. The molecule has 0 bridgehead atoms. The number of piperidine rings is 2. The number of pyridine rings is 6. The zero-order valence-electron chi connectivity index (χ0n) is 45.3. The molecule has 8 aromatic rings. The monoisotopic (exact) mass is 1070 g/mol. The second kappa shape index (κ2) is 22.7. The quantitative estimate of drug-likeness (QED) is 0.145. The van der Waals surface area contributed by atoms with Gasteiger partial charge >= 0.3 is 12.1 Å². The highest BCUT2D eigenvalue weighted by atomic mass is 16.6. The van der Waals surface area contributed by atoms with E-state index in [1.165, 1.54) is 0 Å². The van der Waals surface area contributed by atoms with E-state index in [1.54, 1.807) is 53.9 Å². The fraction of sp³-hybridized carbons (Fsp3) is 0.306. The molecule has 2 spiro atoms. The van der Waals surface area contributed by atoms with Crippen molar-refractivity contribution < 1.29 is 33.8 Å². The minimum Gasteiger partial charge on any atom is -0.481 e. The molecule has 80 heavy (non-hydrogen) atoms. The van der Waals surface area contributed by atoms with Crippen LogP contribution in [-0.2, 0) is 47.8 Å². The zero-order valence-corrected chi connectivity index (χ0v) is 45.3. The number of carbonyl (C=O) groups excluding carboxylic acids is 4. The third-order valence-corrected chi connectivity index (χ3v) is 15.5. The molecular weight excluding hydrogens is 1010 g/mol. The van der Waals surface area contributed by atoms with Gasteiger partial charge in [-0.25, -0.2) is 4.79 Å². The molecule has 0 aliphatic carbocycles. The van der Waals surface area contributed by atoms with Gasteiger partial charge in [0.2, 0.25) is 17.7 Å². The maximum Gasteiger partial charge on any atom is 0.410 e. The van der Waals surface area contributed by atoms with Crippen LogP contribution in [-0.4, -0.2) is 113 Å². The molecule has 12 rings (SSSR count). The van der Waals surface area contributed by atoms with E-state index in [2.05, 4.69) is 32.1 Å². The molecule has 408 valence electrons. The van der Waals surface area contributed by atoms with Crippen LogP contribution in [0.2, 0.25) is 0 Å². The number of hydrogen-bond donors (Lipinski definition) is 2. The Balaban J connectivity index is 0.000000167. The second-order valence-electron chi connectivity index (χ2n) is 21.3. The number of ether oxygens (including phenoxy) is 1. The second-order valence-corrected chi connectivity index (χ2v) is 21.3. The van der Waals surface area contributed by atoms with Crippen molar-refractivity contribution in [3.8, 4) is 22.3 Å². The molecule has 2 fully saturated rings. The van der Waals surface area contributed by atoms with E-state index < -0.39 is 22.4 Å². The number of anilines is 2. The number of benzene rings is 2. The van der Waals surface area contributed by atoms with Crippen LogP contribution >= 0.6 is 0 Å². The van der Waals surface area contributed by atoms with Gasteiger partial charge in [0.05, 0.1) is 65.6 Å². The number of carboxylic acid groups (broad SMARTS) is 1. The van der Waals surface area contributed by atoms with Gasteiger partial charge in [0, 0.05) is 115 Å². The number of rotatable bonds is 8. The molecule has 0 saturated carbocycles. The largest absolute Gasteiger partial charge is 0.481 e. The minimum absolute atomic E-state index is 0.0155. The number of carboxylic acids is 1. The van der Waals surface area contributed by atoms with Crippen molar-refractivity contribution in [2.75, 3.05) is 42.5 Å². The number of hydrogen-bond acceptors (Lipinski definition) is 13. The number of nitrogens with zero attached hydrogens (tertiary/aromatic N) is 10. The molecule has 2 aromatic carbocycles. The van der Waals surface area contributed by atoms with Crippen LogP contribution in [0.5, 0.6) is 0 Å². The topological polar surface area (TPSA) is 231 Å². The smallest absolute Gasteiger partial charge is 0.410 e. The van der Waals surface area contributed by atoms with Crippen molar-refractivity contribution in [1.29, 1.82) is 0 Å². The lowest BCUT2D eigenvalue weighted by molar-refractivity contribution is -0.136. The summed E-state index contributed by atoms with van der Waals surface area (Å²) in [6.07, 6.45) is 20.0. The summed E-state index contributed by atoms with van der Waals surface area (Å²) >= 11 is 0. The van der Waals surface area contributed by atoms with Crippen molar-refractivity contribution in [1.82, 2.24) is 39.7 Å². The Labute approximate surface area is 463 Å². The molecule has 0 unspecified atom stereocenters. The highest BCUT2D eigenvalue weighted by molar-refractivity contribution is 6.10. The molecule has 4 aliphatic rings. The van der Waals surface area contributed by atoms with Gasteiger partial charge in [0.25, 0.3) is 0 Å². The Kier molecular flexibility index (Phi) is 15.4. The summed E-state index contributed by atoms with van der Waals surface area (Å²) in [5.41, 5.74) is 12.7. The first-order chi connectivity index (χ1) is 38.7. The number of carbonyl (C=O) groups is 5.